The summed E-state index contributed by atoms with van der Waals surface area (Å²) in [6.45, 7) is 0. The van der Waals surface area contributed by atoms with Crippen molar-refractivity contribution in [1.29, 1.82) is 0 Å². The molecule has 0 saturated heterocycles. The normalized spacial score (nSPS) is 10.0. The average Bonchev–Trinajstić information content (AvgIpc) is 2.31. The van der Waals surface area contributed by atoms with Crippen LogP contribution in [0.3, 0.4) is 0 Å². The summed E-state index contributed by atoms with van der Waals surface area (Å²) in [7, 11) is 0. The van der Waals surface area contributed by atoms with Crippen molar-refractivity contribution in [1.82, 2.24) is 4.98 Å². The predicted octanol–water partition coefficient (Wildman–Crippen LogP) is 2.09. The van der Waals surface area contributed by atoms with Crippen LogP contribution < -0.4 is 5.73 Å². The van der Waals surface area contributed by atoms with E-state index in [-0.39, 0.29) is 5.78 Å². The van der Waals surface area contributed by atoms with E-state index < -0.39 is 0 Å². The van der Waals surface area contributed by atoms with Gasteiger partial charge in [-0.15, -0.1) is 0 Å². The lowest BCUT2D eigenvalue weighted by Gasteiger charge is -2.01. The lowest BCUT2D eigenvalue weighted by molar-refractivity contribution is 0.0993. The van der Waals surface area contributed by atoms with E-state index in [1.807, 2.05) is 12.1 Å². The topological polar surface area (TPSA) is 56.0 Å². The molecule has 0 fully saturated rings. The van der Waals surface area contributed by atoms with Crippen LogP contribution in [0.1, 0.15) is 15.9 Å². The predicted molar refractivity (Wildman–Crippen MR) is 63.1 cm³/mol. The second-order valence-corrected chi connectivity index (χ2v) is 3.58. The monoisotopic (exact) mass is 212 g/mol. The van der Waals surface area contributed by atoms with E-state index in [2.05, 4.69) is 4.98 Å². The molecule has 0 spiro atoms. The van der Waals surface area contributed by atoms with Crippen LogP contribution in [0.2, 0.25) is 0 Å². The Hall–Kier alpha value is -2.16. The Morgan fingerprint density at radius 2 is 1.94 bits per heavy atom. The van der Waals surface area contributed by atoms with E-state index in [1.54, 1.807) is 36.7 Å². The maximum atomic E-state index is 11.9. The van der Waals surface area contributed by atoms with Gasteiger partial charge in [0, 0.05) is 30.1 Å². The van der Waals surface area contributed by atoms with Gasteiger partial charge in [-0.05, 0) is 35.9 Å². The van der Waals surface area contributed by atoms with Crippen molar-refractivity contribution >= 4 is 11.5 Å². The van der Waals surface area contributed by atoms with Gasteiger partial charge < -0.3 is 5.73 Å². The summed E-state index contributed by atoms with van der Waals surface area (Å²) in [5, 5.41) is 0. The molecule has 1 heterocycles. The summed E-state index contributed by atoms with van der Waals surface area (Å²) < 4.78 is 0. The fourth-order valence-corrected chi connectivity index (χ4v) is 1.46. The first kappa shape index (κ1) is 10.4. The van der Waals surface area contributed by atoms with Crippen molar-refractivity contribution in [2.24, 2.45) is 0 Å². The van der Waals surface area contributed by atoms with Crippen LogP contribution in [0.25, 0.3) is 0 Å². The van der Waals surface area contributed by atoms with Crippen molar-refractivity contribution < 1.29 is 4.79 Å². The van der Waals surface area contributed by atoms with E-state index in [1.165, 1.54) is 0 Å². The zero-order chi connectivity index (χ0) is 11.4. The highest BCUT2D eigenvalue weighted by molar-refractivity contribution is 5.97. The molecule has 0 radical (unpaired) electrons. The maximum Gasteiger partial charge on any atom is 0.167 e. The molecule has 0 unspecified atom stereocenters. The Balaban J connectivity index is 2.12. The highest BCUT2D eigenvalue weighted by Crippen LogP contribution is 2.09. The number of hydrogen-bond acceptors (Lipinski definition) is 3. The van der Waals surface area contributed by atoms with E-state index >= 15 is 0 Å². The number of pyridine rings is 1. The largest absolute Gasteiger partial charge is 0.399 e. The highest BCUT2D eigenvalue weighted by Gasteiger charge is 2.06. The molecular weight excluding hydrogens is 200 g/mol. The smallest absolute Gasteiger partial charge is 0.167 e. The minimum Gasteiger partial charge on any atom is -0.399 e. The first-order chi connectivity index (χ1) is 7.75. The Kier molecular flexibility index (Phi) is 2.96. The van der Waals surface area contributed by atoms with Gasteiger partial charge in [0.25, 0.3) is 0 Å². The molecule has 0 saturated carbocycles. The van der Waals surface area contributed by atoms with E-state index in [4.69, 9.17) is 5.73 Å². The molecule has 1 aromatic carbocycles. The molecule has 0 aliphatic heterocycles. The fourth-order valence-electron chi connectivity index (χ4n) is 1.46. The molecule has 2 rings (SSSR count). The zero-order valence-corrected chi connectivity index (χ0v) is 8.76. The minimum absolute atomic E-state index is 0.0769. The number of nitrogens with zero attached hydrogens (tertiary/aromatic N) is 1. The molecule has 16 heavy (non-hydrogen) atoms. The number of anilines is 1. The third kappa shape index (κ3) is 2.45. The molecule has 0 aliphatic rings. The molecule has 0 bridgehead atoms. The number of nitrogen functional groups attached to an aromatic ring is 1. The molecule has 3 nitrogen and oxygen atoms in total. The van der Waals surface area contributed by atoms with E-state index in [0.29, 0.717) is 17.7 Å². The first-order valence-electron chi connectivity index (χ1n) is 5.03. The molecule has 0 atom stereocenters. The second kappa shape index (κ2) is 4.57. The van der Waals surface area contributed by atoms with E-state index in [9.17, 15) is 4.79 Å². The Labute approximate surface area is 93.9 Å². The van der Waals surface area contributed by atoms with Crippen LogP contribution in [0, 0.1) is 0 Å². The summed E-state index contributed by atoms with van der Waals surface area (Å²) in [6, 6.07) is 10.7. The van der Waals surface area contributed by atoms with Gasteiger partial charge in [-0.2, -0.15) is 0 Å². The number of carbonyl (C=O) groups excluding carboxylic acids is 1. The van der Waals surface area contributed by atoms with Crippen LogP contribution in [0.15, 0.2) is 48.8 Å². The van der Waals surface area contributed by atoms with Gasteiger partial charge in [0.1, 0.15) is 0 Å². The van der Waals surface area contributed by atoms with Crippen molar-refractivity contribution in [2.45, 2.75) is 6.42 Å². The third-order valence-electron chi connectivity index (χ3n) is 2.32. The number of hydrogen-bond donors (Lipinski definition) is 1. The van der Waals surface area contributed by atoms with Crippen LogP contribution >= 0.6 is 0 Å². The average molecular weight is 212 g/mol. The summed E-state index contributed by atoms with van der Waals surface area (Å²) >= 11 is 0. The van der Waals surface area contributed by atoms with Gasteiger partial charge in [0.05, 0.1) is 0 Å². The lowest BCUT2D eigenvalue weighted by atomic mass is 10.0. The summed E-state index contributed by atoms with van der Waals surface area (Å²) in [5.41, 5.74) is 7.82. The molecule has 0 amide bonds. The SMILES string of the molecule is Nc1ccc(C(=O)Cc2cccnc2)cc1. The van der Waals surface area contributed by atoms with Gasteiger partial charge in [-0.3, -0.25) is 9.78 Å². The molecule has 2 aromatic rings. The second-order valence-electron chi connectivity index (χ2n) is 3.58. The van der Waals surface area contributed by atoms with Crippen LogP contribution in [0.5, 0.6) is 0 Å². The summed E-state index contributed by atoms with van der Waals surface area (Å²) in [6.07, 6.45) is 3.77. The molecule has 0 aliphatic carbocycles. The summed E-state index contributed by atoms with van der Waals surface area (Å²) in [4.78, 5) is 15.8. The van der Waals surface area contributed by atoms with E-state index in [0.717, 1.165) is 5.56 Å². The molecule has 1 aromatic heterocycles. The number of nitrogens with two attached hydrogens (primary N) is 1. The van der Waals surface area contributed by atoms with Crippen molar-refractivity contribution in [2.75, 3.05) is 5.73 Å². The number of benzene rings is 1. The van der Waals surface area contributed by atoms with Crippen molar-refractivity contribution in [3.8, 4) is 0 Å². The molecule has 2 N–H and O–H groups in total. The number of aromatic nitrogens is 1. The van der Waals surface area contributed by atoms with Gasteiger partial charge in [-0.1, -0.05) is 6.07 Å². The number of rotatable bonds is 3. The zero-order valence-electron chi connectivity index (χ0n) is 8.76. The number of carbonyl (C=O) groups is 1. The molecular formula is C13H12N2O. The third-order valence-corrected chi connectivity index (χ3v) is 2.32. The van der Waals surface area contributed by atoms with Crippen LogP contribution in [-0.4, -0.2) is 10.8 Å². The van der Waals surface area contributed by atoms with Gasteiger partial charge >= 0.3 is 0 Å². The van der Waals surface area contributed by atoms with Crippen molar-refractivity contribution in [3.05, 3.63) is 59.9 Å². The minimum atomic E-state index is 0.0769. The van der Waals surface area contributed by atoms with Crippen LogP contribution in [-0.2, 0) is 6.42 Å². The maximum absolute atomic E-state index is 11.9. The van der Waals surface area contributed by atoms with Gasteiger partial charge in [0.15, 0.2) is 5.78 Å². The van der Waals surface area contributed by atoms with Gasteiger partial charge in [0.2, 0.25) is 0 Å². The standard InChI is InChI=1S/C13H12N2O/c14-12-5-3-11(4-6-12)13(16)8-10-2-1-7-15-9-10/h1-7,9H,8,14H2. The summed E-state index contributed by atoms with van der Waals surface area (Å²) in [5.74, 6) is 0.0769. The lowest BCUT2D eigenvalue weighted by Crippen LogP contribution is -2.03. The molecule has 80 valence electrons. The van der Waals surface area contributed by atoms with Crippen molar-refractivity contribution in [3.63, 3.8) is 0 Å². The highest BCUT2D eigenvalue weighted by atomic mass is 16.1. The van der Waals surface area contributed by atoms with Gasteiger partial charge in [-0.25, -0.2) is 0 Å². The van der Waals surface area contributed by atoms with Crippen LogP contribution in [0.4, 0.5) is 5.69 Å². The number of ketones is 1. The Bertz CT molecular complexity index is 477. The first-order valence-corrected chi connectivity index (χ1v) is 5.03. The Morgan fingerprint density at radius 3 is 2.56 bits per heavy atom. The Morgan fingerprint density at radius 1 is 1.19 bits per heavy atom. The quantitative estimate of drug-likeness (QED) is 0.626. The fraction of sp³-hybridized carbons (Fsp3) is 0.0769. The number of Topliss-reactive ketones (excluding diaryl/α,β-unsaturated/α-hetero) is 1. The molecule has 3 heteroatoms.